The standard InChI is InChI=1S/C12H9O.K/c1-3-7-11(8-4-1)13-12-9-5-2-6-10-12;/h1,3-10H;. The molecule has 0 bridgehead atoms. The molecule has 0 heterocycles. The molecule has 0 aliphatic carbocycles. The van der Waals surface area contributed by atoms with E-state index in [0.717, 1.165) is 60.5 Å². The molecule has 1 nitrogen and oxygen atoms in total. The molecule has 0 spiro atoms. The summed E-state index contributed by atoms with van der Waals surface area (Å²) in [6, 6.07) is 18.1. The fraction of sp³-hybridized carbons (Fsp3) is 0. The van der Waals surface area contributed by atoms with Gasteiger partial charge in [0, 0.05) is 0 Å². The van der Waals surface area contributed by atoms with E-state index in [0.29, 0.717) is 0 Å². The van der Waals surface area contributed by atoms with E-state index in [9.17, 15) is 0 Å². The third-order valence-corrected chi connectivity index (χ3v) is 3.04. The Kier molecular flexibility index (Phi) is 3.78. The Labute approximate surface area is 118 Å². The first-order valence-electron chi connectivity index (χ1n) is 4.64. The molecule has 0 aromatic heterocycles. The van der Waals surface area contributed by atoms with Gasteiger partial charge in [0.25, 0.3) is 0 Å². The van der Waals surface area contributed by atoms with Crippen molar-refractivity contribution in [2.45, 2.75) is 0 Å². The zero-order valence-corrected chi connectivity index (χ0v) is 11.2. The predicted molar refractivity (Wildman–Crippen MR) is 58.3 cm³/mol. The van der Waals surface area contributed by atoms with Crippen molar-refractivity contribution in [3.05, 3.63) is 54.6 Å². The zero-order valence-electron chi connectivity index (χ0n) is 8.10. The van der Waals surface area contributed by atoms with E-state index in [1.165, 1.54) is -0.342 Å². The SMILES string of the molecule is [K][c]1ccc(Oc2ccccc2)cc1. The van der Waals surface area contributed by atoms with E-state index >= 15 is 0 Å². The second kappa shape index (κ2) is 5.10. The van der Waals surface area contributed by atoms with Crippen LogP contribution < -0.4 is 4.39 Å². The van der Waals surface area contributed by atoms with E-state index in [1.54, 1.807) is 0 Å². The fourth-order valence-electron chi connectivity index (χ4n) is 1.23. The summed E-state index contributed by atoms with van der Waals surface area (Å²) >= 11 is 0.748. The topological polar surface area (TPSA) is 9.23 Å². The first-order valence-corrected chi connectivity index (χ1v) is 6.20. The maximum absolute atomic E-state index is 5.65. The third kappa shape index (κ3) is 2.94. The fourth-order valence-corrected chi connectivity index (χ4v) is 1.75. The summed E-state index contributed by atoms with van der Waals surface area (Å²) in [6.07, 6.45) is 0. The van der Waals surface area contributed by atoms with Gasteiger partial charge < -0.3 is 0 Å². The van der Waals surface area contributed by atoms with Crippen LogP contribution in [0, 0.1) is 0 Å². The van der Waals surface area contributed by atoms with Crippen molar-refractivity contribution in [3.8, 4) is 11.5 Å². The van der Waals surface area contributed by atoms with Crippen LogP contribution in [0.2, 0.25) is 0 Å². The van der Waals surface area contributed by atoms with Crippen LogP contribution in [0.5, 0.6) is 11.5 Å². The van der Waals surface area contributed by atoms with Gasteiger partial charge in [0.15, 0.2) is 0 Å². The van der Waals surface area contributed by atoms with E-state index in [4.69, 9.17) is 4.74 Å². The van der Waals surface area contributed by atoms with Crippen molar-refractivity contribution in [2.24, 2.45) is 0 Å². The van der Waals surface area contributed by atoms with Crippen molar-refractivity contribution in [3.63, 3.8) is 0 Å². The second-order valence-electron chi connectivity index (χ2n) is 3.23. The molecule has 0 aliphatic heterocycles. The van der Waals surface area contributed by atoms with E-state index in [1.807, 2.05) is 42.5 Å². The summed E-state index contributed by atoms with van der Waals surface area (Å²) in [6.45, 7) is 0. The molecule has 2 aromatic rings. The quantitative estimate of drug-likeness (QED) is 0.688. The molecular formula is C12H9KO. The first-order chi connectivity index (χ1) is 6.84. The van der Waals surface area contributed by atoms with Gasteiger partial charge >= 0.3 is 119 Å². The van der Waals surface area contributed by atoms with Crippen molar-refractivity contribution < 1.29 is 4.74 Å². The predicted octanol–water partition coefficient (Wildman–Crippen LogP) is 2.27. The zero-order chi connectivity index (χ0) is 9.80. The molecule has 14 heavy (non-hydrogen) atoms. The molecule has 2 aromatic carbocycles. The monoisotopic (exact) mass is 208 g/mol. The Morgan fingerprint density at radius 2 is 1.29 bits per heavy atom. The molecule has 0 atom stereocenters. The van der Waals surface area contributed by atoms with Gasteiger partial charge in [-0.15, -0.1) is 0 Å². The molecule has 0 aliphatic rings. The van der Waals surface area contributed by atoms with Gasteiger partial charge in [-0.25, -0.2) is 0 Å². The van der Waals surface area contributed by atoms with Crippen LogP contribution in [0.3, 0.4) is 0 Å². The molecule has 2 rings (SSSR count). The summed E-state index contributed by atoms with van der Waals surface area (Å²) in [7, 11) is 0. The minimum absolute atomic E-state index is 0.748. The number of para-hydroxylation sites is 1. The van der Waals surface area contributed by atoms with Gasteiger partial charge in [0.05, 0.1) is 0 Å². The Balaban J connectivity index is 2.16. The number of rotatable bonds is 2. The maximum atomic E-state index is 5.65. The molecule has 0 saturated carbocycles. The molecule has 0 unspecified atom stereocenters. The van der Waals surface area contributed by atoms with E-state index in [-0.39, 0.29) is 0 Å². The average molecular weight is 208 g/mol. The van der Waals surface area contributed by atoms with Crippen LogP contribution in [0.15, 0.2) is 54.6 Å². The third-order valence-electron chi connectivity index (χ3n) is 2.00. The Hall–Kier alpha value is -0.124. The number of hydrogen-bond acceptors (Lipinski definition) is 1. The second-order valence-corrected chi connectivity index (χ2v) is 5.03. The van der Waals surface area contributed by atoms with Crippen LogP contribution in [-0.4, -0.2) is 49.0 Å². The Morgan fingerprint density at radius 1 is 0.714 bits per heavy atom. The molecule has 0 radical (unpaired) electrons. The molecule has 0 saturated heterocycles. The number of ether oxygens (including phenoxy) is 1. The van der Waals surface area contributed by atoms with Gasteiger partial charge in [-0.1, -0.05) is 0 Å². The minimum atomic E-state index is 0.748. The molecule has 0 N–H and O–H groups in total. The van der Waals surface area contributed by atoms with Crippen LogP contribution in [0.4, 0.5) is 0 Å². The van der Waals surface area contributed by atoms with Crippen molar-refractivity contribution in [1.82, 2.24) is 0 Å². The van der Waals surface area contributed by atoms with Crippen LogP contribution >= 0.6 is 0 Å². The van der Waals surface area contributed by atoms with Crippen molar-refractivity contribution >= 4 is 48.6 Å². The van der Waals surface area contributed by atoms with Crippen LogP contribution in [-0.2, 0) is 0 Å². The van der Waals surface area contributed by atoms with Crippen molar-refractivity contribution in [1.29, 1.82) is 0 Å². The Morgan fingerprint density at radius 3 is 1.93 bits per heavy atom. The molecule has 0 fully saturated rings. The van der Waals surface area contributed by atoms with Crippen LogP contribution in [0.25, 0.3) is 0 Å². The van der Waals surface area contributed by atoms with Gasteiger partial charge in [-0.2, -0.15) is 0 Å². The van der Waals surface area contributed by atoms with Gasteiger partial charge in [-0.3, -0.25) is 0 Å². The summed E-state index contributed by atoms with van der Waals surface area (Å²) in [5.74, 6) is 1.79. The molecule has 2 heteroatoms. The summed E-state index contributed by atoms with van der Waals surface area (Å²) in [5, 5.41) is 0. The first kappa shape index (κ1) is 10.4. The number of hydrogen-bond donors (Lipinski definition) is 0. The van der Waals surface area contributed by atoms with Crippen molar-refractivity contribution in [2.75, 3.05) is 0 Å². The molecule has 64 valence electrons. The molecule has 0 amide bonds. The van der Waals surface area contributed by atoms with Gasteiger partial charge in [-0.05, 0) is 0 Å². The number of benzene rings is 2. The normalized spacial score (nSPS) is 9.86. The van der Waals surface area contributed by atoms with Gasteiger partial charge in [0.2, 0.25) is 0 Å². The molecular weight excluding hydrogens is 199 g/mol. The summed E-state index contributed by atoms with van der Waals surface area (Å²) in [4.78, 5) is 0. The summed E-state index contributed by atoms with van der Waals surface area (Å²) < 4.78 is 7.08. The van der Waals surface area contributed by atoms with Gasteiger partial charge in [0.1, 0.15) is 0 Å². The average Bonchev–Trinajstić information content (AvgIpc) is 2.23. The van der Waals surface area contributed by atoms with E-state index in [2.05, 4.69) is 12.1 Å². The summed E-state index contributed by atoms with van der Waals surface area (Å²) in [5.41, 5.74) is 0. The van der Waals surface area contributed by atoms with E-state index < -0.39 is 0 Å². The Bertz CT molecular complexity index is 394. The van der Waals surface area contributed by atoms with Crippen LogP contribution in [0.1, 0.15) is 0 Å².